The van der Waals surface area contributed by atoms with Crippen molar-refractivity contribution >= 4 is 47.7 Å². The van der Waals surface area contributed by atoms with E-state index in [4.69, 9.17) is 41.8 Å². The van der Waals surface area contributed by atoms with Gasteiger partial charge in [-0.15, -0.1) is 0 Å². The largest absolute Gasteiger partial charge is 0.428 e. The summed E-state index contributed by atoms with van der Waals surface area (Å²) in [5.74, 6) is 0.0368. The van der Waals surface area contributed by atoms with Crippen molar-refractivity contribution in [2.24, 2.45) is 5.11 Å². The third-order valence-corrected chi connectivity index (χ3v) is 11.5. The molecule has 2 aromatic rings. The van der Waals surface area contributed by atoms with E-state index in [1.54, 1.807) is 6.92 Å². The number of hydrogen-bond acceptors (Lipinski definition) is 12. The Morgan fingerprint density at radius 3 is 2.18 bits per heavy atom. The number of ether oxygens (including phenoxy) is 1. The van der Waals surface area contributed by atoms with Gasteiger partial charge in [-0.1, -0.05) is 72.8 Å². The van der Waals surface area contributed by atoms with Crippen LogP contribution in [0.3, 0.4) is 0 Å². The van der Waals surface area contributed by atoms with E-state index in [1.807, 2.05) is 0 Å². The van der Waals surface area contributed by atoms with Crippen LogP contribution in [0.1, 0.15) is 82.9 Å². The highest BCUT2D eigenvalue weighted by Gasteiger charge is 2.38. The maximum Gasteiger partial charge on any atom is 0.428 e. The molecule has 1 amide bonds. The summed E-state index contributed by atoms with van der Waals surface area (Å²) < 4.78 is 46.4. The number of allylic oxidation sites excluding steroid dienone is 10. The summed E-state index contributed by atoms with van der Waals surface area (Å²) in [6.07, 6.45) is 25.0. The fourth-order valence-electron chi connectivity index (χ4n) is 5.51. The number of aromatic nitrogens is 2. The average molecular weight is 943 g/mol. The molecule has 1 aromatic carbocycles. The van der Waals surface area contributed by atoms with Gasteiger partial charge in [0.1, 0.15) is 12.0 Å². The van der Waals surface area contributed by atoms with Crippen LogP contribution in [-0.4, -0.2) is 59.0 Å². The first-order chi connectivity index (χ1) is 29.6. The number of non-ortho nitro benzene ring substituents is 1. The molecule has 1 saturated heterocycles. The number of aryl methyl sites for hydroxylation is 1. The van der Waals surface area contributed by atoms with Crippen LogP contribution >= 0.6 is 36.2 Å². The zero-order valence-corrected chi connectivity index (χ0v) is 38.3. The third kappa shape index (κ3) is 22.6. The van der Waals surface area contributed by atoms with Crippen molar-refractivity contribution in [1.82, 2.24) is 14.9 Å². The fraction of sp³-hybridized carbons (Fsp3) is 0.475. The predicted octanol–water partition coefficient (Wildman–Crippen LogP) is 10.7. The van der Waals surface area contributed by atoms with Crippen molar-refractivity contribution in [3.05, 3.63) is 138 Å². The van der Waals surface area contributed by atoms with Crippen LogP contribution in [0.2, 0.25) is 0 Å². The molecule has 4 atom stereocenters. The number of benzene rings is 1. The molecule has 18 nitrogen and oxygen atoms in total. The van der Waals surface area contributed by atoms with Crippen LogP contribution in [-0.2, 0) is 27.7 Å². The summed E-state index contributed by atoms with van der Waals surface area (Å²) >= 11 is 10.3. The number of hydrogen-bond donors (Lipinski definition) is 2. The molecule has 3 rings (SSSR count). The van der Waals surface area contributed by atoms with Crippen LogP contribution in [0.15, 0.2) is 106 Å². The van der Waals surface area contributed by atoms with Crippen LogP contribution in [0.5, 0.6) is 5.75 Å². The Bertz CT molecular complexity index is 2130. The third-order valence-electron chi connectivity index (χ3n) is 8.70. The number of H-pyrrole nitrogens is 1. The van der Waals surface area contributed by atoms with E-state index in [2.05, 4.69) is 92.5 Å². The summed E-state index contributed by atoms with van der Waals surface area (Å²) in [5.41, 5.74) is 8.06. The molecule has 1 fully saturated rings. The monoisotopic (exact) mass is 941 g/mol. The van der Waals surface area contributed by atoms with Gasteiger partial charge in [0.15, 0.2) is 0 Å². The van der Waals surface area contributed by atoms with Gasteiger partial charge in [-0.25, -0.2) is 9.36 Å². The van der Waals surface area contributed by atoms with Crippen LogP contribution in [0.4, 0.5) is 5.69 Å². The minimum Gasteiger partial charge on any atom is -0.422 e. The van der Waals surface area contributed by atoms with E-state index in [9.17, 15) is 33.6 Å². The molecule has 2 heterocycles. The summed E-state index contributed by atoms with van der Waals surface area (Å²) in [7, 11) is -2.26. The number of halogens is 2. The Labute approximate surface area is 370 Å². The van der Waals surface area contributed by atoms with Gasteiger partial charge in [-0.2, -0.15) is 0 Å². The summed E-state index contributed by atoms with van der Waals surface area (Å²) in [6.45, 7) is 3.80. The van der Waals surface area contributed by atoms with Gasteiger partial charge in [0.05, 0.1) is 29.8 Å². The van der Waals surface area contributed by atoms with Crippen molar-refractivity contribution in [3.8, 4) is 5.75 Å². The number of nitrogens with one attached hydrogen (secondary N) is 2. The van der Waals surface area contributed by atoms with Crippen molar-refractivity contribution in [2.45, 2.75) is 96.4 Å². The lowest BCUT2D eigenvalue weighted by Gasteiger charge is -2.21. The maximum absolute atomic E-state index is 13.2. The maximum atomic E-state index is 13.2. The second-order valence-corrected chi connectivity index (χ2v) is 20.0. The van der Waals surface area contributed by atoms with Gasteiger partial charge in [-0.05, 0) is 76.0 Å². The first-order valence-corrected chi connectivity index (χ1v) is 25.0. The number of nitro groups is 1. The normalized spacial score (nSPS) is 17.7. The molecule has 0 saturated carbocycles. The lowest BCUT2D eigenvalue weighted by Crippen LogP contribution is -2.33. The zero-order valence-electron chi connectivity index (χ0n) is 35.0. The van der Waals surface area contributed by atoms with E-state index in [-0.39, 0.29) is 36.5 Å². The number of amides is 1. The molecule has 2 unspecified atom stereocenters. The van der Waals surface area contributed by atoms with Crippen molar-refractivity contribution in [1.29, 1.82) is 0 Å². The van der Waals surface area contributed by atoms with Crippen LogP contribution in [0, 0.1) is 17.0 Å². The summed E-state index contributed by atoms with van der Waals surface area (Å²) in [4.78, 5) is 51.0. The molecule has 1 aromatic heterocycles. The fourth-order valence-corrected chi connectivity index (χ4v) is 7.69. The first-order valence-electron chi connectivity index (χ1n) is 19.9. The Morgan fingerprint density at radius 2 is 1.63 bits per heavy atom. The minimum atomic E-state index is -3.65. The second kappa shape index (κ2) is 29.7. The number of carbonyl (C=O) groups is 1. The van der Waals surface area contributed by atoms with Gasteiger partial charge in [0.25, 0.3) is 11.2 Å². The van der Waals surface area contributed by atoms with E-state index in [0.29, 0.717) is 24.9 Å². The lowest BCUT2D eigenvalue weighted by atomic mass is 10.1. The summed E-state index contributed by atoms with van der Waals surface area (Å²) in [6, 6.07) is 4.21. The Morgan fingerprint density at radius 1 is 1.03 bits per heavy atom. The molecule has 0 spiro atoms. The van der Waals surface area contributed by atoms with Crippen LogP contribution in [0.25, 0.3) is 10.4 Å². The Balaban J connectivity index is 0.000000796. The predicted molar refractivity (Wildman–Crippen MR) is 242 cm³/mol. The molecule has 22 heteroatoms. The van der Waals surface area contributed by atoms with Crippen LogP contribution < -0.4 is 21.1 Å². The van der Waals surface area contributed by atoms with Crippen molar-refractivity contribution < 1.29 is 37.2 Å². The number of carbonyl (C=O) groups excluding carboxylic acids is 1. The second-order valence-electron chi connectivity index (χ2n) is 13.5. The number of aromatic amines is 1. The number of nitrogens with zero attached hydrogens (tertiary/aromatic N) is 5. The van der Waals surface area contributed by atoms with E-state index >= 15 is 0 Å². The Hall–Kier alpha value is -4.50. The van der Waals surface area contributed by atoms with E-state index in [0.717, 1.165) is 44.9 Å². The molecule has 0 aliphatic carbocycles. The van der Waals surface area contributed by atoms with Gasteiger partial charge >= 0.3 is 19.4 Å². The first kappa shape index (κ1) is 53.6. The quantitative estimate of drug-likeness (QED) is 0.0131. The highest BCUT2D eigenvalue weighted by Crippen LogP contribution is 2.57. The molecule has 2 N–H and O–H groups in total. The molecule has 0 bridgehead atoms. The van der Waals surface area contributed by atoms with Gasteiger partial charge in [-0.3, -0.25) is 33.8 Å². The summed E-state index contributed by atoms with van der Waals surface area (Å²) in [5, 5.41) is 16.8. The Kier molecular flexibility index (Phi) is 25.7. The smallest absolute Gasteiger partial charge is 0.422 e. The van der Waals surface area contributed by atoms with Crippen molar-refractivity contribution in [3.63, 3.8) is 0 Å². The van der Waals surface area contributed by atoms with Gasteiger partial charge in [0, 0.05) is 77.8 Å². The average Bonchev–Trinajstić information content (AvgIpc) is 3.63. The van der Waals surface area contributed by atoms with Gasteiger partial charge < -0.3 is 23.6 Å². The highest BCUT2D eigenvalue weighted by atomic mass is 35.9. The van der Waals surface area contributed by atoms with E-state index in [1.165, 1.54) is 42.1 Å². The topological polar surface area (TPSA) is 247 Å². The number of azide groups is 1. The minimum absolute atomic E-state index is 0.0602. The highest BCUT2D eigenvalue weighted by molar-refractivity contribution is 8.05. The van der Waals surface area contributed by atoms with E-state index < -0.39 is 48.2 Å². The van der Waals surface area contributed by atoms with Crippen molar-refractivity contribution in [2.75, 3.05) is 26.4 Å². The molecular formula is C40H55Cl2N7O11P2. The molecule has 1 aliphatic heterocycles. The lowest BCUT2D eigenvalue weighted by molar-refractivity contribution is -0.384. The molecular weight excluding hydrogens is 887 g/mol. The number of unbranched alkanes of at least 4 members (excludes halogenated alkanes) is 1. The SMILES string of the molecule is CC/C=C\C/C=C\C/C=C\C/C=C\C/C=C\CCCC(=O)NCCCP(=O)(OC)OC[C@H]1OC(n2cc(C)c(=O)[nH]c2=O)C[C@@H]1N=[N+]=[N-].O=[N+]([O-])c1ccc(OP(=O)(Cl)Cl)cc1. The molecule has 340 valence electrons. The number of rotatable bonds is 26. The molecule has 0 radical (unpaired) electrons. The molecule has 1 aliphatic rings. The molecule has 62 heavy (non-hydrogen) atoms. The standard InChI is InChI=1S/C34H51N6O7P.C6H4Cl2NO4P/c1-4-5-6-7-8-9-10-11-12-13-14-15-16-17-18-19-20-22-31(41)36-23-21-24-48(44,45-3)46-27-30-29(38-39-35)25-32(47-30)40-26-28(2)33(42)37-34(40)43;7-14(8,12)13-6-3-1-5(2-4-6)9(10)11/h5-6,8-9,11-12,14-15,17-18,26,29-30,32H,4,7,10,13,16,19-25,27H2,1-3H3,(H,36,41)(H,37,42,43);1-4H/b6-5-,9-8-,12-11-,15-14-,18-17-;/t29-,30+,32?,48?;/m0./s1. The zero-order chi connectivity index (χ0) is 45.8. The number of nitro benzene ring substituents is 1. The van der Waals surface area contributed by atoms with Gasteiger partial charge in [0.2, 0.25) is 5.91 Å².